The molecular weight excluding hydrogens is 396 g/mol. The molecular formula is C23H32N4O4. The van der Waals surface area contributed by atoms with Crippen molar-refractivity contribution in [3.63, 3.8) is 0 Å². The number of methoxy groups -OCH3 is 2. The van der Waals surface area contributed by atoms with Gasteiger partial charge in [-0.15, -0.1) is 0 Å². The van der Waals surface area contributed by atoms with E-state index in [4.69, 9.17) is 9.47 Å². The number of nitrogens with zero attached hydrogens (tertiary/aromatic N) is 3. The molecule has 0 unspecified atom stereocenters. The molecule has 0 spiro atoms. The van der Waals surface area contributed by atoms with Gasteiger partial charge in [0.2, 0.25) is 5.91 Å². The van der Waals surface area contributed by atoms with E-state index in [1.54, 1.807) is 37.3 Å². The Bertz CT molecular complexity index is 884. The highest BCUT2D eigenvalue weighted by atomic mass is 16.5. The molecule has 1 saturated carbocycles. The minimum Gasteiger partial charge on any atom is -0.497 e. The first-order valence-electron chi connectivity index (χ1n) is 10.6. The van der Waals surface area contributed by atoms with E-state index in [-0.39, 0.29) is 24.5 Å². The van der Waals surface area contributed by atoms with Gasteiger partial charge in [-0.2, -0.15) is 0 Å². The van der Waals surface area contributed by atoms with Crippen LogP contribution >= 0.6 is 0 Å². The maximum absolute atomic E-state index is 13.2. The molecule has 1 aromatic heterocycles. The second-order valence-electron chi connectivity index (χ2n) is 7.82. The van der Waals surface area contributed by atoms with Crippen molar-refractivity contribution in [2.45, 2.75) is 38.8 Å². The number of benzene rings is 1. The highest BCUT2D eigenvalue weighted by Gasteiger charge is 2.34. The van der Waals surface area contributed by atoms with Gasteiger partial charge in [0.15, 0.2) is 0 Å². The fraction of sp³-hybridized carbons (Fsp3) is 0.478. The number of ether oxygens (including phenoxy) is 2. The van der Waals surface area contributed by atoms with E-state index >= 15 is 0 Å². The van der Waals surface area contributed by atoms with Crippen molar-refractivity contribution in [3.05, 3.63) is 42.2 Å². The molecule has 0 atom stereocenters. The molecule has 0 aliphatic heterocycles. The van der Waals surface area contributed by atoms with Crippen molar-refractivity contribution >= 4 is 17.6 Å². The Hall–Kier alpha value is -3.16. The summed E-state index contributed by atoms with van der Waals surface area (Å²) in [6, 6.07) is 9.12. The number of anilines is 1. The topological polar surface area (TPSA) is 76.0 Å². The van der Waals surface area contributed by atoms with Crippen LogP contribution in [0, 0.1) is 0 Å². The van der Waals surface area contributed by atoms with E-state index < -0.39 is 0 Å². The zero-order valence-electron chi connectivity index (χ0n) is 18.8. The van der Waals surface area contributed by atoms with E-state index in [1.807, 2.05) is 41.8 Å². The second kappa shape index (κ2) is 10.2. The molecule has 1 aromatic carbocycles. The molecule has 1 N–H and O–H groups in total. The first kappa shape index (κ1) is 22.5. The van der Waals surface area contributed by atoms with Crippen LogP contribution in [0.2, 0.25) is 0 Å². The van der Waals surface area contributed by atoms with Gasteiger partial charge in [0, 0.05) is 55.4 Å². The van der Waals surface area contributed by atoms with E-state index in [9.17, 15) is 9.59 Å². The van der Waals surface area contributed by atoms with E-state index in [2.05, 4.69) is 5.32 Å². The van der Waals surface area contributed by atoms with Crippen molar-refractivity contribution in [2.75, 3.05) is 32.6 Å². The highest BCUT2D eigenvalue weighted by molar-refractivity contribution is 5.92. The van der Waals surface area contributed by atoms with Gasteiger partial charge in [-0.05, 0) is 31.4 Å². The zero-order chi connectivity index (χ0) is 22.4. The minimum atomic E-state index is -0.319. The van der Waals surface area contributed by atoms with Crippen molar-refractivity contribution in [1.29, 1.82) is 0 Å². The molecule has 168 valence electrons. The van der Waals surface area contributed by atoms with Gasteiger partial charge in [-0.25, -0.2) is 4.79 Å². The normalized spacial score (nSPS) is 12.9. The molecule has 2 aromatic rings. The number of aromatic nitrogens is 1. The summed E-state index contributed by atoms with van der Waals surface area (Å²) >= 11 is 0. The quantitative estimate of drug-likeness (QED) is 0.629. The fourth-order valence-corrected chi connectivity index (χ4v) is 3.50. The minimum absolute atomic E-state index is 0.0319. The molecule has 1 fully saturated rings. The number of urea groups is 1. The lowest BCUT2D eigenvalue weighted by Gasteiger charge is -2.28. The van der Waals surface area contributed by atoms with Crippen LogP contribution in [0.25, 0.3) is 0 Å². The molecule has 8 heteroatoms. The summed E-state index contributed by atoms with van der Waals surface area (Å²) in [5.74, 6) is 1.13. The van der Waals surface area contributed by atoms with Crippen molar-refractivity contribution < 1.29 is 19.1 Å². The molecule has 3 amide bonds. The van der Waals surface area contributed by atoms with Crippen LogP contribution in [0.1, 0.15) is 31.9 Å². The van der Waals surface area contributed by atoms with Crippen LogP contribution in [0.4, 0.5) is 10.5 Å². The molecule has 1 heterocycles. The van der Waals surface area contributed by atoms with Crippen molar-refractivity contribution in [3.8, 4) is 11.5 Å². The lowest BCUT2D eigenvalue weighted by Crippen LogP contribution is -2.45. The highest BCUT2D eigenvalue weighted by Crippen LogP contribution is 2.29. The summed E-state index contributed by atoms with van der Waals surface area (Å²) in [5.41, 5.74) is 1.63. The third-order valence-corrected chi connectivity index (χ3v) is 5.40. The molecule has 3 rings (SSSR count). The number of aryl methyl sites for hydroxylation is 1. The number of carbonyl (C=O) groups is 2. The number of amides is 3. The lowest BCUT2D eigenvalue weighted by molar-refractivity contribution is -0.133. The first-order valence-corrected chi connectivity index (χ1v) is 10.6. The Labute approximate surface area is 183 Å². The van der Waals surface area contributed by atoms with Gasteiger partial charge >= 0.3 is 6.03 Å². The van der Waals surface area contributed by atoms with Gasteiger partial charge in [0.25, 0.3) is 0 Å². The standard InChI is InChI=1S/C23H32N4O4/c1-5-10-26(23(29)24-17-12-20(30-3)14-21(13-17)31-4)16-22(28)27(18-8-9-18)15-19-7-6-11-25(19)2/h6-7,11-14,18H,5,8-10,15-16H2,1-4H3,(H,24,29). The van der Waals surface area contributed by atoms with E-state index in [0.29, 0.717) is 30.3 Å². The third kappa shape index (κ3) is 5.93. The largest absolute Gasteiger partial charge is 0.497 e. The lowest BCUT2D eigenvalue weighted by atomic mass is 10.2. The van der Waals surface area contributed by atoms with Gasteiger partial charge in [-0.3, -0.25) is 4.79 Å². The smallest absolute Gasteiger partial charge is 0.322 e. The summed E-state index contributed by atoms with van der Waals surface area (Å²) < 4.78 is 12.6. The van der Waals surface area contributed by atoms with Gasteiger partial charge in [-0.1, -0.05) is 6.92 Å². The monoisotopic (exact) mass is 428 g/mol. The number of hydrogen-bond donors (Lipinski definition) is 1. The molecule has 0 saturated heterocycles. The molecule has 0 radical (unpaired) electrons. The molecule has 8 nitrogen and oxygen atoms in total. The summed E-state index contributed by atoms with van der Waals surface area (Å²) in [5, 5.41) is 2.87. The Morgan fingerprint density at radius 1 is 1.16 bits per heavy atom. The number of carbonyl (C=O) groups excluding carboxylic acids is 2. The summed E-state index contributed by atoms with van der Waals surface area (Å²) in [6.45, 7) is 3.08. The average molecular weight is 429 g/mol. The Kier molecular flexibility index (Phi) is 7.44. The van der Waals surface area contributed by atoms with Crippen LogP contribution < -0.4 is 14.8 Å². The van der Waals surface area contributed by atoms with Crippen LogP contribution in [-0.4, -0.2) is 59.7 Å². The van der Waals surface area contributed by atoms with Gasteiger partial charge in [0.1, 0.15) is 18.0 Å². The van der Waals surface area contributed by atoms with Crippen molar-refractivity contribution in [2.24, 2.45) is 7.05 Å². The number of rotatable bonds is 10. The second-order valence-corrected chi connectivity index (χ2v) is 7.82. The molecule has 1 aliphatic rings. The molecule has 0 bridgehead atoms. The van der Waals surface area contributed by atoms with Crippen LogP contribution in [-0.2, 0) is 18.4 Å². The zero-order valence-corrected chi connectivity index (χ0v) is 18.8. The van der Waals surface area contributed by atoms with Crippen LogP contribution in [0.5, 0.6) is 11.5 Å². The first-order chi connectivity index (χ1) is 14.9. The SMILES string of the molecule is CCCN(CC(=O)N(Cc1cccn1C)C1CC1)C(=O)Nc1cc(OC)cc(OC)c1. The van der Waals surface area contributed by atoms with Crippen LogP contribution in [0.3, 0.4) is 0 Å². The Morgan fingerprint density at radius 3 is 2.35 bits per heavy atom. The predicted molar refractivity (Wildman–Crippen MR) is 119 cm³/mol. The molecule has 31 heavy (non-hydrogen) atoms. The maximum Gasteiger partial charge on any atom is 0.322 e. The Balaban J connectivity index is 1.69. The maximum atomic E-state index is 13.2. The van der Waals surface area contributed by atoms with Gasteiger partial charge in [0.05, 0.1) is 20.8 Å². The van der Waals surface area contributed by atoms with E-state index in [0.717, 1.165) is 25.0 Å². The Morgan fingerprint density at radius 2 is 1.84 bits per heavy atom. The van der Waals surface area contributed by atoms with Gasteiger partial charge < -0.3 is 29.2 Å². The number of hydrogen-bond acceptors (Lipinski definition) is 4. The molecule has 1 aliphatic carbocycles. The predicted octanol–water partition coefficient (Wildman–Crippen LogP) is 3.48. The average Bonchev–Trinajstić information content (AvgIpc) is 3.52. The fourth-order valence-electron chi connectivity index (χ4n) is 3.50. The van der Waals surface area contributed by atoms with Crippen LogP contribution in [0.15, 0.2) is 36.5 Å². The summed E-state index contributed by atoms with van der Waals surface area (Å²) in [6.07, 6.45) is 4.76. The summed E-state index contributed by atoms with van der Waals surface area (Å²) in [7, 11) is 5.09. The number of nitrogens with one attached hydrogen (secondary N) is 1. The van der Waals surface area contributed by atoms with Crippen molar-refractivity contribution in [1.82, 2.24) is 14.4 Å². The van der Waals surface area contributed by atoms with E-state index in [1.165, 1.54) is 0 Å². The summed E-state index contributed by atoms with van der Waals surface area (Å²) in [4.78, 5) is 29.6. The third-order valence-electron chi connectivity index (χ3n) is 5.40.